The Bertz CT molecular complexity index is 952. The molecule has 0 aromatic heterocycles. The summed E-state index contributed by atoms with van der Waals surface area (Å²) in [4.78, 5) is 35.8. The van der Waals surface area contributed by atoms with Crippen LogP contribution in [0.5, 0.6) is 0 Å². The van der Waals surface area contributed by atoms with Gasteiger partial charge in [-0.2, -0.15) is 0 Å². The van der Waals surface area contributed by atoms with Gasteiger partial charge in [0.25, 0.3) is 6.07 Å². The van der Waals surface area contributed by atoms with E-state index < -0.39 is 0 Å². The summed E-state index contributed by atoms with van der Waals surface area (Å²) in [5.41, 5.74) is 8.13. The van der Waals surface area contributed by atoms with Gasteiger partial charge < -0.3 is 25.3 Å². The third-order valence-corrected chi connectivity index (χ3v) is 7.75. The highest BCUT2D eigenvalue weighted by atomic mass is 16.5. The summed E-state index contributed by atoms with van der Waals surface area (Å²) in [5.74, 6) is -0.186. The molecule has 0 fully saturated rings. The Labute approximate surface area is 310 Å². The second kappa shape index (κ2) is 48.4. The van der Waals surface area contributed by atoms with Crippen LogP contribution < -0.4 is 10.6 Å². The third kappa shape index (κ3) is 53.3. The van der Waals surface area contributed by atoms with Crippen molar-refractivity contribution in [3.63, 3.8) is 0 Å². The van der Waals surface area contributed by atoms with Crippen LogP contribution in [0.25, 0.3) is 15.5 Å². The van der Waals surface area contributed by atoms with Crippen LogP contribution in [0.15, 0.2) is 29.4 Å². The van der Waals surface area contributed by atoms with Crippen LogP contribution in [-0.4, -0.2) is 51.8 Å². The molecule has 2 amide bonds. The average molecular weight is 721 g/mol. The van der Waals surface area contributed by atoms with E-state index in [1.54, 1.807) is 0 Å². The largest absolute Gasteiger partial charge is 0.498 e. The van der Waals surface area contributed by atoms with Crippen molar-refractivity contribution in [2.45, 2.75) is 168 Å². The number of rotatable bonds is 31. The van der Waals surface area contributed by atoms with E-state index in [2.05, 4.69) is 59.4 Å². The zero-order valence-electron chi connectivity index (χ0n) is 32.6. The lowest BCUT2D eigenvalue weighted by molar-refractivity contribution is -0.141. The number of methoxy groups -OCH3 is 2. The lowest BCUT2D eigenvalue weighted by Crippen LogP contribution is -2.35. The number of ether oxygens (including phenoxy) is 2. The Balaban J connectivity index is -0.000000821. The van der Waals surface area contributed by atoms with E-state index in [1.807, 2.05) is 13.0 Å². The van der Waals surface area contributed by atoms with E-state index in [-0.39, 0.29) is 18.0 Å². The first kappa shape index (κ1) is 51.7. The Hall–Kier alpha value is -3.71. The number of hydrogen-bond acceptors (Lipinski definition) is 7. The highest BCUT2D eigenvalue weighted by Gasteiger charge is 2.00. The van der Waals surface area contributed by atoms with Gasteiger partial charge in [0.15, 0.2) is 0 Å². The number of nitrogens with one attached hydrogen (secondary N) is 2. The third-order valence-electron chi connectivity index (χ3n) is 7.75. The van der Waals surface area contributed by atoms with Crippen molar-refractivity contribution >= 4 is 18.0 Å². The number of allylic oxidation sites excluding steroid dienone is 4. The zero-order chi connectivity index (χ0) is 38.3. The highest BCUT2D eigenvalue weighted by Crippen LogP contribution is 2.12. The molecule has 2 N–H and O–H groups in total. The van der Waals surface area contributed by atoms with Gasteiger partial charge >= 0.3 is 18.0 Å². The SMILES string of the molecule is CC#[N+][O-].CCNC(=O)NCCCC/C=C\CCCCCCCCCC(=O)OC.COC(=O)CCCCCCCCC/C=C\CCCCN=[N+]=[N-]. The lowest BCUT2D eigenvalue weighted by atomic mass is 10.1. The van der Waals surface area contributed by atoms with Gasteiger partial charge in [-0.1, -0.05) is 93.6 Å². The van der Waals surface area contributed by atoms with Crippen LogP contribution in [0, 0.1) is 11.3 Å². The quantitative estimate of drug-likeness (QED) is 0.0137. The number of amides is 2. The Morgan fingerprint density at radius 3 is 1.39 bits per heavy atom. The van der Waals surface area contributed by atoms with Crippen molar-refractivity contribution < 1.29 is 23.9 Å². The predicted molar refractivity (Wildman–Crippen MR) is 210 cm³/mol. The zero-order valence-corrected chi connectivity index (χ0v) is 32.6. The monoisotopic (exact) mass is 721 g/mol. The normalized spacial score (nSPS) is 10.1. The second-order valence-electron chi connectivity index (χ2n) is 12.2. The fourth-order valence-electron chi connectivity index (χ4n) is 4.81. The molecule has 0 spiro atoms. The maximum absolute atomic E-state index is 11.2. The molecule has 0 aromatic carbocycles. The molecule has 0 aliphatic rings. The Morgan fingerprint density at radius 2 is 1.02 bits per heavy atom. The first-order valence-electron chi connectivity index (χ1n) is 19.4. The molecule has 0 saturated heterocycles. The minimum absolute atomic E-state index is 0.0680. The number of urea groups is 1. The summed E-state index contributed by atoms with van der Waals surface area (Å²) >= 11 is 0. The van der Waals surface area contributed by atoms with Crippen LogP contribution >= 0.6 is 0 Å². The Morgan fingerprint density at radius 1 is 0.647 bits per heavy atom. The summed E-state index contributed by atoms with van der Waals surface area (Å²) in [5, 5.41) is 20.1. The number of hydrogen-bond donors (Lipinski definition) is 2. The van der Waals surface area contributed by atoms with Crippen LogP contribution in [0.1, 0.15) is 168 Å². The standard InChI is InChI=1S/C20H38N2O3.C17H31N3O2.C2H3NO/c1-3-21-20(24)22-18-16-14-12-10-8-6-4-5-7-9-11-13-15-17-19(23)25-2;1-22-17(21)15-13-11-9-7-5-3-2-4-6-8-10-12-14-16-19-20-18;1-2-3-4/h8,10H,3-7,9,11-18H2,1-2H3,(H2,21,22,24);6,8H,2-5,7,9-16H2,1H3;1H3/b10-8-;8-6-;. The number of nitrogens with zero attached hydrogens (tertiary/aromatic N) is 4. The first-order valence-corrected chi connectivity index (χ1v) is 19.4. The number of carbonyl (C=O) groups excluding carboxylic acids is 3. The van der Waals surface area contributed by atoms with Crippen molar-refractivity contribution in [3.05, 3.63) is 45.0 Å². The van der Waals surface area contributed by atoms with Crippen molar-refractivity contribution in [2.24, 2.45) is 5.11 Å². The molecule has 0 saturated carbocycles. The molecule has 0 aliphatic heterocycles. The van der Waals surface area contributed by atoms with Crippen molar-refractivity contribution in [1.29, 1.82) is 0 Å². The minimum atomic E-state index is -0.0930. The lowest BCUT2D eigenvalue weighted by Gasteiger charge is -2.04. The van der Waals surface area contributed by atoms with E-state index in [0.717, 1.165) is 70.8 Å². The van der Waals surface area contributed by atoms with Crippen molar-refractivity contribution in [3.8, 4) is 6.07 Å². The summed E-state index contributed by atoms with van der Waals surface area (Å²) in [6.45, 7) is 5.40. The molecule has 0 aromatic rings. The average Bonchev–Trinajstić information content (AvgIpc) is 3.14. The fourth-order valence-corrected chi connectivity index (χ4v) is 4.81. The minimum Gasteiger partial charge on any atom is -0.498 e. The Kier molecular flexibility index (Phi) is 49.0. The molecule has 0 rings (SSSR count). The van der Waals surface area contributed by atoms with E-state index in [1.165, 1.54) is 98.2 Å². The molecule has 0 radical (unpaired) electrons. The van der Waals surface area contributed by atoms with Crippen LogP contribution in [0.2, 0.25) is 0 Å². The van der Waals surface area contributed by atoms with Gasteiger partial charge in [-0.05, 0) is 89.5 Å². The van der Waals surface area contributed by atoms with Crippen LogP contribution in [-0.2, 0) is 19.1 Å². The topological polar surface area (TPSA) is 170 Å². The second-order valence-corrected chi connectivity index (χ2v) is 12.2. The first-order chi connectivity index (χ1) is 24.9. The molecule has 0 aliphatic carbocycles. The molecule has 0 unspecified atom stereocenters. The van der Waals surface area contributed by atoms with Gasteiger partial charge in [0, 0.05) is 42.4 Å². The predicted octanol–water partition coefficient (Wildman–Crippen LogP) is 11.3. The van der Waals surface area contributed by atoms with Crippen LogP contribution in [0.4, 0.5) is 4.79 Å². The maximum atomic E-state index is 11.2. The smallest absolute Gasteiger partial charge is 0.314 e. The highest BCUT2D eigenvalue weighted by molar-refractivity contribution is 5.73. The molecule has 294 valence electrons. The molecule has 0 bridgehead atoms. The molecule has 12 heteroatoms. The van der Waals surface area contributed by atoms with E-state index >= 15 is 0 Å². The van der Waals surface area contributed by atoms with Crippen molar-refractivity contribution in [2.75, 3.05) is 33.9 Å². The van der Waals surface area contributed by atoms with Gasteiger partial charge in [-0.25, -0.2) is 4.79 Å². The molecule has 0 atom stereocenters. The number of unbranched alkanes of at least 4 members (excludes halogenated alkanes) is 18. The van der Waals surface area contributed by atoms with Gasteiger partial charge in [0.1, 0.15) is 0 Å². The molecular weight excluding hydrogens is 648 g/mol. The summed E-state index contributed by atoms with van der Waals surface area (Å²) < 4.78 is 9.23. The number of carbonyl (C=O) groups is 3. The number of esters is 2. The number of azide groups is 1. The van der Waals surface area contributed by atoms with E-state index in [0.29, 0.717) is 25.9 Å². The molecule has 51 heavy (non-hydrogen) atoms. The van der Waals surface area contributed by atoms with Gasteiger partial charge in [-0.15, -0.1) is 0 Å². The van der Waals surface area contributed by atoms with Gasteiger partial charge in [0.05, 0.1) is 21.1 Å². The molecule has 0 heterocycles. The van der Waals surface area contributed by atoms with Gasteiger partial charge in [-0.3, -0.25) is 9.59 Å². The summed E-state index contributed by atoms with van der Waals surface area (Å²) in [6.07, 6.45) is 35.7. The molecular formula is C39H72N6O6. The van der Waals surface area contributed by atoms with E-state index in [9.17, 15) is 14.4 Å². The summed E-state index contributed by atoms with van der Waals surface area (Å²) in [6, 6.07) is 1.93. The van der Waals surface area contributed by atoms with Crippen molar-refractivity contribution in [1.82, 2.24) is 10.6 Å². The molecule has 12 nitrogen and oxygen atoms in total. The summed E-state index contributed by atoms with van der Waals surface area (Å²) in [7, 11) is 2.89. The fraction of sp³-hybridized carbons (Fsp3) is 0.795. The maximum Gasteiger partial charge on any atom is 0.314 e. The van der Waals surface area contributed by atoms with Gasteiger partial charge in [0.2, 0.25) is 0 Å². The van der Waals surface area contributed by atoms with E-state index in [4.69, 9.17) is 10.7 Å². The van der Waals surface area contributed by atoms with Crippen LogP contribution in [0.3, 0.4) is 0 Å².